The number of ether oxygens (including phenoxy) is 6. The van der Waals surface area contributed by atoms with Gasteiger partial charge >= 0.3 is 17.9 Å². The zero-order valence-corrected chi connectivity index (χ0v) is 47.9. The van der Waals surface area contributed by atoms with Crippen LogP contribution in [0.2, 0.25) is 0 Å². The van der Waals surface area contributed by atoms with Crippen molar-refractivity contribution in [3.63, 3.8) is 0 Å². The van der Waals surface area contributed by atoms with Crippen molar-refractivity contribution in [3.05, 3.63) is 47.6 Å². The quantitative estimate of drug-likeness (QED) is 0.102. The van der Waals surface area contributed by atoms with Crippen LogP contribution < -0.4 is 0 Å². The Bertz CT molecular complexity index is 2310. The largest absolute Gasteiger partial charge is 0.460 e. The Morgan fingerprint density at radius 2 is 1.49 bits per heavy atom. The molecular formula is C59H86N2O18. The number of Topliss-reactive ketones (excluding diaryl/α,β-unsaturated/α-hetero) is 3. The van der Waals surface area contributed by atoms with Gasteiger partial charge in [0.15, 0.2) is 18.0 Å². The first kappa shape index (κ1) is 64.6. The number of esters is 2. The SMILES string of the molecule is CO[C@H]1C[C@@H]2CC[C@@H](C)[C@@](O)(O2)C(=O)C(=O)N2CCCC[C@H]2C(=O)O[C@H]([C@H](C)C[C@@H]2CC[C@@H](O)[C@H](OC)C2)CC(=O)[C@H](C)/C=C(\C)[C@@H](OC(=O)CCC(=O)ON2C(=O)CCC2=O)[C@@H](OC)C(=O)[C@H](C)C[C@H](C)/C=C/C=CC=C1C. The average molecular weight is 1110 g/mol. The van der Waals surface area contributed by atoms with Crippen molar-refractivity contribution in [3.8, 4) is 0 Å². The predicted molar refractivity (Wildman–Crippen MR) is 285 cm³/mol. The summed E-state index contributed by atoms with van der Waals surface area (Å²) < 4.78 is 35.7. The van der Waals surface area contributed by atoms with Gasteiger partial charge in [0.2, 0.25) is 5.79 Å². The monoisotopic (exact) mass is 1110 g/mol. The number of cyclic esters (lactones) is 1. The van der Waals surface area contributed by atoms with Gasteiger partial charge in [-0.05, 0) is 107 Å². The van der Waals surface area contributed by atoms with Gasteiger partial charge in [0.1, 0.15) is 17.9 Å². The van der Waals surface area contributed by atoms with Crippen LogP contribution in [0.25, 0.3) is 0 Å². The topological polar surface area (TPSA) is 265 Å². The number of aliphatic hydroxyl groups excluding tert-OH is 1. The highest BCUT2D eigenvalue weighted by atomic mass is 16.7. The lowest BCUT2D eigenvalue weighted by molar-refractivity contribution is -0.265. The van der Waals surface area contributed by atoms with Gasteiger partial charge in [-0.15, -0.1) is 5.06 Å². The number of carbonyl (C=O) groups excluding carboxylic acids is 9. The number of piperidine rings is 1. The van der Waals surface area contributed by atoms with Crippen molar-refractivity contribution in [2.75, 3.05) is 27.9 Å². The molecule has 5 aliphatic rings. The van der Waals surface area contributed by atoms with E-state index in [2.05, 4.69) is 0 Å². The maximum absolute atomic E-state index is 14.6. The van der Waals surface area contributed by atoms with Crippen LogP contribution in [-0.2, 0) is 76.4 Å². The van der Waals surface area contributed by atoms with E-state index in [0.717, 1.165) is 10.5 Å². The lowest BCUT2D eigenvalue weighted by Crippen LogP contribution is -2.61. The lowest BCUT2D eigenvalue weighted by atomic mass is 9.78. The first-order valence-corrected chi connectivity index (χ1v) is 28.2. The molecule has 1 saturated carbocycles. The molecule has 3 amide bonds. The molecule has 2 N–H and O–H groups in total. The van der Waals surface area contributed by atoms with Crippen molar-refractivity contribution in [1.82, 2.24) is 9.96 Å². The number of nitrogens with zero attached hydrogens (tertiary/aromatic N) is 2. The third kappa shape index (κ3) is 17.4. The fraction of sp³-hybridized carbons (Fsp3) is 0.712. The number of ketones is 3. The van der Waals surface area contributed by atoms with Gasteiger partial charge in [-0.2, -0.15) is 0 Å². The molecule has 5 rings (SSSR count). The molecule has 20 nitrogen and oxygen atoms in total. The third-order valence-electron chi connectivity index (χ3n) is 16.4. The Kier molecular flexibility index (Phi) is 24.5. The van der Waals surface area contributed by atoms with Crippen LogP contribution >= 0.6 is 0 Å². The summed E-state index contributed by atoms with van der Waals surface area (Å²) in [6.45, 7) is 12.3. The molecule has 79 heavy (non-hydrogen) atoms. The summed E-state index contributed by atoms with van der Waals surface area (Å²) in [6, 6.07) is -1.23. The van der Waals surface area contributed by atoms with Crippen molar-refractivity contribution >= 4 is 53.0 Å². The van der Waals surface area contributed by atoms with Crippen LogP contribution in [0.15, 0.2) is 47.6 Å². The van der Waals surface area contributed by atoms with Crippen LogP contribution in [0, 0.1) is 35.5 Å². The van der Waals surface area contributed by atoms with E-state index in [0.29, 0.717) is 62.9 Å². The van der Waals surface area contributed by atoms with E-state index in [1.807, 2.05) is 51.2 Å². The lowest BCUT2D eigenvalue weighted by Gasteiger charge is -2.42. The molecule has 4 fully saturated rings. The number of carbonyl (C=O) groups is 9. The number of methoxy groups -OCH3 is 3. The van der Waals surface area contributed by atoms with Crippen molar-refractivity contribution in [1.29, 1.82) is 0 Å². The van der Waals surface area contributed by atoms with Gasteiger partial charge in [0.05, 0.1) is 37.3 Å². The number of imide groups is 1. The Morgan fingerprint density at radius 1 is 0.797 bits per heavy atom. The number of fused-ring (bicyclic) bond motifs is 3. The second kappa shape index (κ2) is 30.0. The molecule has 4 aliphatic heterocycles. The number of amides is 3. The molecule has 0 aromatic rings. The second-order valence-corrected chi connectivity index (χ2v) is 22.6. The van der Waals surface area contributed by atoms with E-state index in [1.54, 1.807) is 34.8 Å². The smallest absolute Gasteiger partial charge is 0.333 e. The number of rotatable bonds is 11. The molecular weight excluding hydrogens is 1020 g/mol. The number of allylic oxidation sites excluding steroid dienone is 6. The van der Waals surface area contributed by atoms with Crippen molar-refractivity contribution in [2.24, 2.45) is 35.5 Å². The highest BCUT2D eigenvalue weighted by molar-refractivity contribution is 6.39. The Morgan fingerprint density at radius 3 is 2.16 bits per heavy atom. The van der Waals surface area contributed by atoms with E-state index in [9.17, 15) is 53.4 Å². The number of aliphatic hydroxyl groups is 2. The molecule has 4 heterocycles. The maximum Gasteiger partial charge on any atom is 0.333 e. The van der Waals surface area contributed by atoms with E-state index in [1.165, 1.54) is 20.3 Å². The summed E-state index contributed by atoms with van der Waals surface area (Å²) in [5.41, 5.74) is 1.09. The van der Waals surface area contributed by atoms with Gasteiger partial charge in [-0.25, -0.2) is 9.59 Å². The average Bonchev–Trinajstić information content (AvgIpc) is 3.84. The van der Waals surface area contributed by atoms with E-state index in [-0.39, 0.29) is 56.1 Å². The highest BCUT2D eigenvalue weighted by Gasteiger charge is 2.53. The zero-order chi connectivity index (χ0) is 58.3. The van der Waals surface area contributed by atoms with Gasteiger partial charge < -0.3 is 48.4 Å². The standard InChI is InChI=1S/C59H86N2O18/c1-34-16-12-11-13-17-35(2)46(73-8)32-42-21-19-40(7)59(72,78-42)56(69)57(70)60-27-15-14-18-43(60)58(71)76-47(37(4)30-41-20-22-44(62)48(31-41)74-9)33-45(63)36(3)29-39(6)54(55(75-10)53(68)38(5)28-34)77-51(66)25-26-52(67)79-61-49(64)23-24-50(61)65/h11-13,16-17,29,34,36-38,40-44,46-48,54-55,62,72H,14-15,18-28,30-33H2,1-10H3/b13-11?,16-12+,35-17?,39-29+/t34-,36-,37-,38-,40-,41+,42+,43+,44-,46+,47+,48-,54-,55+,59-/m1/s1. The summed E-state index contributed by atoms with van der Waals surface area (Å²) >= 11 is 0. The van der Waals surface area contributed by atoms with Crippen LogP contribution in [-0.4, -0.2) is 156 Å². The Labute approximate surface area is 464 Å². The van der Waals surface area contributed by atoms with Crippen LogP contribution in [0.1, 0.15) is 151 Å². The molecule has 2 bridgehead atoms. The Hall–Kier alpha value is -5.25. The molecule has 1 aliphatic carbocycles. The van der Waals surface area contributed by atoms with Crippen LogP contribution in [0.5, 0.6) is 0 Å². The third-order valence-corrected chi connectivity index (χ3v) is 16.4. The van der Waals surface area contributed by atoms with Crippen molar-refractivity contribution < 1.29 is 86.6 Å². The number of hydroxylamine groups is 2. The second-order valence-electron chi connectivity index (χ2n) is 22.6. The van der Waals surface area contributed by atoms with Gasteiger partial charge in [0, 0.05) is 71.3 Å². The molecule has 0 unspecified atom stereocenters. The summed E-state index contributed by atoms with van der Waals surface area (Å²) in [4.78, 5) is 129. The highest BCUT2D eigenvalue weighted by Crippen LogP contribution is 2.38. The first-order valence-electron chi connectivity index (χ1n) is 28.2. The molecule has 15 atom stereocenters. The first-order chi connectivity index (χ1) is 37.4. The van der Waals surface area contributed by atoms with Crippen LogP contribution in [0.3, 0.4) is 0 Å². The van der Waals surface area contributed by atoms with Crippen molar-refractivity contribution in [2.45, 2.75) is 206 Å². The van der Waals surface area contributed by atoms with Gasteiger partial charge in [-0.1, -0.05) is 71.1 Å². The summed E-state index contributed by atoms with van der Waals surface area (Å²) in [6.07, 6.45) is 7.91. The number of hydrogen-bond acceptors (Lipinski definition) is 18. The molecule has 0 spiro atoms. The number of hydrogen-bond donors (Lipinski definition) is 2. The summed E-state index contributed by atoms with van der Waals surface area (Å²) in [5, 5.41) is 23.0. The molecule has 0 radical (unpaired) electrons. The van der Waals surface area contributed by atoms with E-state index >= 15 is 0 Å². The predicted octanol–water partition coefficient (Wildman–Crippen LogP) is 6.12. The molecule has 0 aromatic carbocycles. The molecule has 0 aromatic heterocycles. The summed E-state index contributed by atoms with van der Waals surface area (Å²) in [5.74, 6) is -12.6. The van der Waals surface area contributed by atoms with E-state index < -0.39 is 144 Å². The maximum atomic E-state index is 14.6. The normalized spacial score (nSPS) is 35.2. The summed E-state index contributed by atoms with van der Waals surface area (Å²) in [7, 11) is 4.37. The minimum atomic E-state index is -2.49. The van der Waals surface area contributed by atoms with E-state index in [4.69, 9.17) is 33.3 Å². The minimum absolute atomic E-state index is 0.0266. The van der Waals surface area contributed by atoms with Crippen LogP contribution in [0.4, 0.5) is 0 Å². The Balaban J connectivity index is 1.51. The fourth-order valence-electron chi connectivity index (χ4n) is 11.5. The van der Waals surface area contributed by atoms with Gasteiger partial charge in [-0.3, -0.25) is 33.6 Å². The molecule has 440 valence electrons. The van der Waals surface area contributed by atoms with Gasteiger partial charge in [0.25, 0.3) is 23.5 Å². The fourth-order valence-corrected chi connectivity index (χ4v) is 11.5. The molecule has 20 heteroatoms. The minimum Gasteiger partial charge on any atom is -0.460 e. The zero-order valence-electron chi connectivity index (χ0n) is 47.9. The molecule has 3 saturated heterocycles.